The molecule has 1 aliphatic rings. The number of nitrogens with zero attached hydrogens (tertiary/aromatic N) is 1. The van der Waals surface area contributed by atoms with Crippen molar-refractivity contribution in [3.63, 3.8) is 0 Å². The van der Waals surface area contributed by atoms with E-state index in [4.69, 9.17) is 5.11 Å². The van der Waals surface area contributed by atoms with E-state index in [2.05, 4.69) is 5.32 Å². The van der Waals surface area contributed by atoms with Gasteiger partial charge in [-0.3, -0.25) is 14.5 Å². The van der Waals surface area contributed by atoms with Crippen molar-refractivity contribution in [1.82, 2.24) is 10.2 Å². The molecule has 1 fully saturated rings. The van der Waals surface area contributed by atoms with Crippen LogP contribution in [0.2, 0.25) is 0 Å². The van der Waals surface area contributed by atoms with Gasteiger partial charge in [0.05, 0.1) is 13.0 Å². The molecule has 0 aromatic heterocycles. The minimum Gasteiger partial charge on any atom is -0.481 e. The molecule has 1 unspecified atom stereocenters. The van der Waals surface area contributed by atoms with E-state index < -0.39 is 5.97 Å². The van der Waals surface area contributed by atoms with Gasteiger partial charge in [0.15, 0.2) is 0 Å². The van der Waals surface area contributed by atoms with E-state index in [-0.39, 0.29) is 18.4 Å². The lowest BCUT2D eigenvalue weighted by atomic mass is 10.2. The van der Waals surface area contributed by atoms with E-state index in [1.807, 2.05) is 18.7 Å². The molecule has 1 aliphatic carbocycles. The van der Waals surface area contributed by atoms with Gasteiger partial charge in [-0.1, -0.05) is 19.8 Å². The van der Waals surface area contributed by atoms with Crippen molar-refractivity contribution in [2.45, 2.75) is 64.5 Å². The second kappa shape index (κ2) is 8.15. The Hall–Kier alpha value is -1.10. The van der Waals surface area contributed by atoms with Crippen molar-refractivity contribution in [2.75, 3.05) is 13.1 Å². The zero-order chi connectivity index (χ0) is 14.3. The zero-order valence-electron chi connectivity index (χ0n) is 12.0. The average molecular weight is 270 g/mol. The molecule has 5 nitrogen and oxygen atoms in total. The third kappa shape index (κ3) is 6.05. The molecule has 0 aromatic carbocycles. The summed E-state index contributed by atoms with van der Waals surface area (Å²) in [7, 11) is 0. The smallest absolute Gasteiger partial charge is 0.304 e. The van der Waals surface area contributed by atoms with Crippen molar-refractivity contribution in [1.29, 1.82) is 0 Å². The third-order valence-electron chi connectivity index (χ3n) is 3.82. The van der Waals surface area contributed by atoms with Gasteiger partial charge in [-0.25, -0.2) is 0 Å². The second-order valence-electron chi connectivity index (χ2n) is 5.43. The molecule has 0 radical (unpaired) electrons. The molecule has 5 heteroatoms. The SMILES string of the molecule is CCC(C)NC(=O)CN(CCC(=O)O)C1CCCC1. The molecular formula is C14H26N2O3. The van der Waals surface area contributed by atoms with Crippen LogP contribution in [0.4, 0.5) is 0 Å². The Bertz CT molecular complexity index is 301. The Morgan fingerprint density at radius 2 is 2.00 bits per heavy atom. The van der Waals surface area contributed by atoms with Crippen LogP contribution in [0, 0.1) is 0 Å². The predicted octanol–water partition coefficient (Wildman–Crippen LogP) is 1.62. The van der Waals surface area contributed by atoms with E-state index in [1.165, 1.54) is 12.8 Å². The zero-order valence-corrected chi connectivity index (χ0v) is 12.0. The van der Waals surface area contributed by atoms with E-state index >= 15 is 0 Å². The fourth-order valence-electron chi connectivity index (χ4n) is 2.51. The van der Waals surface area contributed by atoms with Crippen LogP contribution < -0.4 is 5.32 Å². The summed E-state index contributed by atoms with van der Waals surface area (Å²) in [5, 5.41) is 11.7. The summed E-state index contributed by atoms with van der Waals surface area (Å²) in [5.74, 6) is -0.794. The molecule has 19 heavy (non-hydrogen) atoms. The number of hydrogen-bond acceptors (Lipinski definition) is 3. The van der Waals surface area contributed by atoms with Crippen molar-refractivity contribution < 1.29 is 14.7 Å². The highest BCUT2D eigenvalue weighted by Crippen LogP contribution is 2.23. The maximum Gasteiger partial charge on any atom is 0.304 e. The van der Waals surface area contributed by atoms with Gasteiger partial charge in [-0.05, 0) is 26.2 Å². The summed E-state index contributed by atoms with van der Waals surface area (Å²) in [6.07, 6.45) is 5.53. The van der Waals surface area contributed by atoms with Crippen LogP contribution in [0.25, 0.3) is 0 Å². The van der Waals surface area contributed by atoms with Gasteiger partial charge in [0.1, 0.15) is 0 Å². The van der Waals surface area contributed by atoms with E-state index in [0.717, 1.165) is 19.3 Å². The molecular weight excluding hydrogens is 244 g/mol. The standard InChI is InChI=1S/C14H26N2O3/c1-3-11(2)15-13(17)10-16(9-8-14(18)19)12-6-4-5-7-12/h11-12H,3-10H2,1-2H3,(H,15,17)(H,18,19). The first-order valence-corrected chi connectivity index (χ1v) is 7.28. The molecule has 0 aliphatic heterocycles. The molecule has 0 saturated heterocycles. The molecule has 1 saturated carbocycles. The van der Waals surface area contributed by atoms with Gasteiger partial charge in [0.25, 0.3) is 0 Å². The molecule has 110 valence electrons. The van der Waals surface area contributed by atoms with Crippen molar-refractivity contribution in [2.24, 2.45) is 0 Å². The van der Waals surface area contributed by atoms with Gasteiger partial charge in [-0.15, -0.1) is 0 Å². The van der Waals surface area contributed by atoms with Crippen molar-refractivity contribution >= 4 is 11.9 Å². The summed E-state index contributed by atoms with van der Waals surface area (Å²) in [6.45, 7) is 4.80. The Labute approximate surface area is 115 Å². The average Bonchev–Trinajstić information content (AvgIpc) is 2.87. The lowest BCUT2D eigenvalue weighted by Gasteiger charge is -2.28. The first-order valence-electron chi connectivity index (χ1n) is 7.28. The Morgan fingerprint density at radius 3 is 2.53 bits per heavy atom. The summed E-state index contributed by atoms with van der Waals surface area (Å²) in [6, 6.07) is 0.555. The highest BCUT2D eigenvalue weighted by Gasteiger charge is 2.24. The minimum absolute atomic E-state index is 0.00615. The molecule has 0 spiro atoms. The molecule has 0 heterocycles. The number of nitrogens with one attached hydrogen (secondary N) is 1. The first-order chi connectivity index (χ1) is 9.02. The summed E-state index contributed by atoms with van der Waals surface area (Å²) >= 11 is 0. The van der Waals surface area contributed by atoms with Crippen LogP contribution in [-0.4, -0.2) is 47.1 Å². The van der Waals surface area contributed by atoms with Gasteiger partial charge in [0.2, 0.25) is 5.91 Å². The third-order valence-corrected chi connectivity index (χ3v) is 3.82. The summed E-state index contributed by atoms with van der Waals surface area (Å²) in [4.78, 5) is 24.7. The monoisotopic (exact) mass is 270 g/mol. The van der Waals surface area contributed by atoms with Crippen LogP contribution in [0.1, 0.15) is 52.4 Å². The maximum absolute atomic E-state index is 11.9. The number of aliphatic carboxylic acids is 1. The van der Waals surface area contributed by atoms with Crippen LogP contribution in [0.15, 0.2) is 0 Å². The number of rotatable bonds is 8. The highest BCUT2D eigenvalue weighted by molar-refractivity contribution is 5.78. The predicted molar refractivity (Wildman–Crippen MR) is 74.0 cm³/mol. The number of hydrogen-bond donors (Lipinski definition) is 2. The largest absolute Gasteiger partial charge is 0.481 e. The van der Waals surface area contributed by atoms with Crippen LogP contribution in [0.5, 0.6) is 0 Å². The fourth-order valence-corrected chi connectivity index (χ4v) is 2.51. The first kappa shape index (κ1) is 16.0. The topological polar surface area (TPSA) is 69.6 Å². The van der Waals surface area contributed by atoms with Gasteiger partial charge in [0, 0.05) is 18.6 Å². The summed E-state index contributed by atoms with van der Waals surface area (Å²) < 4.78 is 0. The molecule has 1 amide bonds. The molecule has 2 N–H and O–H groups in total. The van der Waals surface area contributed by atoms with Crippen LogP contribution in [-0.2, 0) is 9.59 Å². The summed E-state index contributed by atoms with van der Waals surface area (Å²) in [5.41, 5.74) is 0. The van der Waals surface area contributed by atoms with Gasteiger partial charge in [-0.2, -0.15) is 0 Å². The lowest BCUT2D eigenvalue weighted by molar-refractivity contribution is -0.138. The number of carboxylic acid groups (broad SMARTS) is 1. The highest BCUT2D eigenvalue weighted by atomic mass is 16.4. The molecule has 0 aromatic rings. The normalized spacial score (nSPS) is 17.6. The quantitative estimate of drug-likeness (QED) is 0.703. The number of carbonyl (C=O) groups is 2. The minimum atomic E-state index is -0.801. The van der Waals surface area contributed by atoms with Crippen LogP contribution in [0.3, 0.4) is 0 Å². The van der Waals surface area contributed by atoms with Crippen molar-refractivity contribution in [3.05, 3.63) is 0 Å². The van der Waals surface area contributed by atoms with E-state index in [9.17, 15) is 9.59 Å². The Kier molecular flexibility index (Phi) is 6.84. The fraction of sp³-hybridized carbons (Fsp3) is 0.857. The Balaban J connectivity index is 2.47. The molecule has 1 rings (SSSR count). The number of amides is 1. The second-order valence-corrected chi connectivity index (χ2v) is 5.43. The van der Waals surface area contributed by atoms with Gasteiger partial charge >= 0.3 is 5.97 Å². The van der Waals surface area contributed by atoms with Crippen LogP contribution >= 0.6 is 0 Å². The lowest BCUT2D eigenvalue weighted by Crippen LogP contribution is -2.45. The van der Waals surface area contributed by atoms with E-state index in [1.54, 1.807) is 0 Å². The number of carboxylic acids is 1. The van der Waals surface area contributed by atoms with Crippen molar-refractivity contribution in [3.8, 4) is 0 Å². The number of carbonyl (C=O) groups excluding carboxylic acids is 1. The van der Waals surface area contributed by atoms with E-state index in [0.29, 0.717) is 19.1 Å². The molecule has 1 atom stereocenters. The molecule has 0 bridgehead atoms. The Morgan fingerprint density at radius 1 is 1.37 bits per heavy atom. The van der Waals surface area contributed by atoms with Gasteiger partial charge < -0.3 is 10.4 Å². The maximum atomic E-state index is 11.9.